The number of hydrogen-bond donors (Lipinski definition) is 2. The molecule has 0 atom stereocenters. The number of aliphatic carboxylic acids is 1. The molecule has 26 heavy (non-hydrogen) atoms. The molecule has 0 aliphatic heterocycles. The number of sulfone groups is 1. The molecule has 144 valence electrons. The molecule has 1 saturated carbocycles. The largest absolute Gasteiger partial charge is 0.481 e. The lowest BCUT2D eigenvalue weighted by Gasteiger charge is -2.36. The third-order valence-electron chi connectivity index (χ3n) is 4.87. The molecule has 6 nitrogen and oxygen atoms in total. The number of carboxylic acid groups (broad SMARTS) is 1. The first-order valence-corrected chi connectivity index (χ1v) is 10.3. The van der Waals surface area contributed by atoms with Crippen molar-refractivity contribution in [2.24, 2.45) is 5.41 Å². The molecule has 0 radical (unpaired) electrons. The average molecular weight is 385 g/mol. The van der Waals surface area contributed by atoms with Crippen LogP contribution in [0.2, 0.25) is 0 Å². The predicted molar refractivity (Wildman–Crippen MR) is 93.9 cm³/mol. The summed E-state index contributed by atoms with van der Waals surface area (Å²) in [6.45, 7) is 0.245. The third kappa shape index (κ3) is 5.79. The summed E-state index contributed by atoms with van der Waals surface area (Å²) in [6.07, 6.45) is 4.19. The van der Waals surface area contributed by atoms with Gasteiger partial charge in [-0.2, -0.15) is 0 Å². The van der Waals surface area contributed by atoms with Crippen molar-refractivity contribution in [1.82, 2.24) is 5.32 Å². The highest BCUT2D eigenvalue weighted by Gasteiger charge is 2.34. The Bertz CT molecular complexity index is 739. The van der Waals surface area contributed by atoms with E-state index in [4.69, 9.17) is 5.11 Å². The summed E-state index contributed by atoms with van der Waals surface area (Å²) in [5, 5.41) is 11.8. The monoisotopic (exact) mass is 385 g/mol. The van der Waals surface area contributed by atoms with Gasteiger partial charge in [-0.3, -0.25) is 9.59 Å². The standard InChI is InChI=1S/C18H24FNO5S/c19-14-4-6-15(7-5-14)26(24,25)11-8-16(21)20-13-18(12-17(22)23)9-2-1-3-10-18/h4-7H,1-3,8-13H2,(H,20,21)(H,22,23). The first-order chi connectivity index (χ1) is 12.2. The van der Waals surface area contributed by atoms with Crippen LogP contribution < -0.4 is 5.32 Å². The van der Waals surface area contributed by atoms with Crippen LogP contribution in [0.4, 0.5) is 4.39 Å². The Morgan fingerprint density at radius 3 is 2.31 bits per heavy atom. The molecule has 0 heterocycles. The normalized spacial score (nSPS) is 16.8. The van der Waals surface area contributed by atoms with E-state index in [9.17, 15) is 22.4 Å². The Morgan fingerprint density at radius 2 is 1.73 bits per heavy atom. The van der Waals surface area contributed by atoms with Gasteiger partial charge in [-0.15, -0.1) is 0 Å². The van der Waals surface area contributed by atoms with Crippen molar-refractivity contribution < 1.29 is 27.5 Å². The summed E-state index contributed by atoms with van der Waals surface area (Å²) in [7, 11) is -3.67. The molecule has 1 aliphatic carbocycles. The van der Waals surface area contributed by atoms with Crippen LogP contribution in [0.15, 0.2) is 29.2 Å². The van der Waals surface area contributed by atoms with Crippen LogP contribution in [-0.2, 0) is 19.4 Å². The number of carboxylic acids is 1. The topological polar surface area (TPSA) is 101 Å². The van der Waals surface area contributed by atoms with Gasteiger partial charge in [-0.05, 0) is 42.5 Å². The highest BCUT2D eigenvalue weighted by Crippen LogP contribution is 2.38. The van der Waals surface area contributed by atoms with Gasteiger partial charge in [0.2, 0.25) is 5.91 Å². The fraction of sp³-hybridized carbons (Fsp3) is 0.556. The van der Waals surface area contributed by atoms with Gasteiger partial charge >= 0.3 is 5.97 Å². The third-order valence-corrected chi connectivity index (χ3v) is 6.60. The van der Waals surface area contributed by atoms with Gasteiger partial charge in [0.25, 0.3) is 0 Å². The maximum Gasteiger partial charge on any atom is 0.303 e. The van der Waals surface area contributed by atoms with Crippen molar-refractivity contribution in [2.45, 2.75) is 49.8 Å². The number of rotatable bonds is 8. The Kier molecular flexibility index (Phi) is 6.75. The van der Waals surface area contributed by atoms with E-state index in [-0.39, 0.29) is 30.0 Å². The zero-order valence-electron chi connectivity index (χ0n) is 14.5. The summed E-state index contributed by atoms with van der Waals surface area (Å²) < 4.78 is 37.3. The highest BCUT2D eigenvalue weighted by molar-refractivity contribution is 7.91. The van der Waals surface area contributed by atoms with Crippen LogP contribution >= 0.6 is 0 Å². The van der Waals surface area contributed by atoms with Gasteiger partial charge in [-0.25, -0.2) is 12.8 Å². The van der Waals surface area contributed by atoms with Crippen molar-refractivity contribution in [3.8, 4) is 0 Å². The Hall–Kier alpha value is -1.96. The summed E-state index contributed by atoms with van der Waals surface area (Å²) in [5.74, 6) is -2.22. The number of nitrogens with one attached hydrogen (secondary N) is 1. The quantitative estimate of drug-likeness (QED) is 0.670. The van der Waals surface area contributed by atoms with E-state index in [1.165, 1.54) is 12.1 Å². The summed E-state index contributed by atoms with van der Waals surface area (Å²) in [5.41, 5.74) is -0.449. The molecular formula is C18H24FNO5S. The molecule has 1 aromatic rings. The van der Waals surface area contributed by atoms with Crippen LogP contribution in [0.25, 0.3) is 0 Å². The lowest BCUT2D eigenvalue weighted by atomic mass is 9.71. The molecule has 8 heteroatoms. The molecule has 0 bridgehead atoms. The highest BCUT2D eigenvalue weighted by atomic mass is 32.2. The average Bonchev–Trinajstić information content (AvgIpc) is 2.59. The molecule has 1 aliphatic rings. The Morgan fingerprint density at radius 1 is 1.12 bits per heavy atom. The van der Waals surface area contributed by atoms with Crippen LogP contribution in [0, 0.1) is 11.2 Å². The first kappa shape index (κ1) is 20.4. The molecule has 2 N–H and O–H groups in total. The number of halogens is 1. The van der Waals surface area contributed by atoms with Crippen molar-refractivity contribution in [1.29, 1.82) is 0 Å². The van der Waals surface area contributed by atoms with Crippen molar-refractivity contribution in [2.75, 3.05) is 12.3 Å². The van der Waals surface area contributed by atoms with E-state index < -0.39 is 32.9 Å². The van der Waals surface area contributed by atoms with Gasteiger partial charge in [0, 0.05) is 13.0 Å². The van der Waals surface area contributed by atoms with Gasteiger partial charge in [0.1, 0.15) is 5.82 Å². The number of hydrogen-bond acceptors (Lipinski definition) is 4. The van der Waals surface area contributed by atoms with E-state index in [1.807, 2.05) is 0 Å². The second-order valence-corrected chi connectivity index (χ2v) is 9.04. The number of amides is 1. The number of carbonyl (C=O) groups excluding carboxylic acids is 1. The maximum atomic E-state index is 12.9. The zero-order chi connectivity index (χ0) is 19.2. The molecule has 0 spiro atoms. The van der Waals surface area contributed by atoms with E-state index in [1.54, 1.807) is 0 Å². The van der Waals surface area contributed by atoms with Crippen LogP contribution in [0.5, 0.6) is 0 Å². The minimum atomic E-state index is -3.67. The number of carbonyl (C=O) groups is 2. The minimum absolute atomic E-state index is 0.00115. The second kappa shape index (κ2) is 8.62. The molecule has 0 saturated heterocycles. The van der Waals surface area contributed by atoms with Crippen molar-refractivity contribution in [3.63, 3.8) is 0 Å². The minimum Gasteiger partial charge on any atom is -0.481 e. The van der Waals surface area contributed by atoms with E-state index >= 15 is 0 Å². The Labute approximate surface area is 152 Å². The van der Waals surface area contributed by atoms with E-state index in [0.29, 0.717) is 0 Å². The predicted octanol–water partition coefficient (Wildman–Crippen LogP) is 2.53. The molecule has 1 fully saturated rings. The van der Waals surface area contributed by atoms with Crippen molar-refractivity contribution >= 4 is 21.7 Å². The summed E-state index contributed by atoms with van der Waals surface area (Å²) in [4.78, 5) is 23.2. The molecule has 2 rings (SSSR count). The van der Waals surface area contributed by atoms with Gasteiger partial charge in [0.05, 0.1) is 17.1 Å². The van der Waals surface area contributed by atoms with Crippen LogP contribution in [-0.4, -0.2) is 37.7 Å². The molecular weight excluding hydrogens is 361 g/mol. The molecule has 1 aromatic carbocycles. The number of benzene rings is 1. The SMILES string of the molecule is O=C(O)CC1(CNC(=O)CCS(=O)(=O)c2ccc(F)cc2)CCCCC1. The molecule has 0 aromatic heterocycles. The van der Waals surface area contributed by atoms with Crippen LogP contribution in [0.3, 0.4) is 0 Å². The van der Waals surface area contributed by atoms with Crippen molar-refractivity contribution in [3.05, 3.63) is 30.1 Å². The zero-order valence-corrected chi connectivity index (χ0v) is 15.4. The molecule has 1 amide bonds. The lowest BCUT2D eigenvalue weighted by molar-refractivity contribution is -0.140. The fourth-order valence-electron chi connectivity index (χ4n) is 3.40. The van der Waals surface area contributed by atoms with E-state index in [0.717, 1.165) is 44.2 Å². The van der Waals surface area contributed by atoms with Gasteiger partial charge in [0.15, 0.2) is 9.84 Å². The lowest BCUT2D eigenvalue weighted by Crippen LogP contribution is -2.40. The van der Waals surface area contributed by atoms with E-state index in [2.05, 4.69) is 5.32 Å². The fourth-order valence-corrected chi connectivity index (χ4v) is 4.64. The summed E-state index contributed by atoms with van der Waals surface area (Å²) in [6, 6.07) is 4.47. The maximum absolute atomic E-state index is 12.9. The summed E-state index contributed by atoms with van der Waals surface area (Å²) >= 11 is 0. The van der Waals surface area contributed by atoms with Crippen LogP contribution in [0.1, 0.15) is 44.9 Å². The van der Waals surface area contributed by atoms with Gasteiger partial charge < -0.3 is 10.4 Å². The second-order valence-electron chi connectivity index (χ2n) is 6.93. The Balaban J connectivity index is 1.89. The van der Waals surface area contributed by atoms with Gasteiger partial charge in [-0.1, -0.05) is 19.3 Å². The smallest absolute Gasteiger partial charge is 0.303 e. The molecule has 0 unspecified atom stereocenters. The first-order valence-electron chi connectivity index (χ1n) is 8.69.